The summed E-state index contributed by atoms with van der Waals surface area (Å²) in [5.41, 5.74) is 1.13. The second kappa shape index (κ2) is 13.7. The Bertz CT molecular complexity index is 1110. The molecule has 2 aromatic carbocycles. The summed E-state index contributed by atoms with van der Waals surface area (Å²) >= 11 is 6.23. The van der Waals surface area contributed by atoms with Crippen LogP contribution in [0.3, 0.4) is 0 Å². The van der Waals surface area contributed by atoms with Crippen molar-refractivity contribution in [1.29, 1.82) is 10.5 Å². The molecule has 2 amide bonds. The number of halogens is 2. The quantitative estimate of drug-likeness (QED) is 0.456. The number of rotatable bonds is 2. The van der Waals surface area contributed by atoms with Gasteiger partial charge in [-0.15, -0.1) is 0 Å². The molecule has 3 rings (SSSR count). The Balaban J connectivity index is 0.000000250. The van der Waals surface area contributed by atoms with Gasteiger partial charge in [0.25, 0.3) is 0 Å². The third kappa shape index (κ3) is 10.1. The number of nitrogens with one attached hydrogen (secondary N) is 2. The molecule has 0 atom stereocenters. The molecule has 0 bridgehead atoms. The monoisotopic (exact) mass is 584 g/mol. The van der Waals surface area contributed by atoms with Crippen LogP contribution in [0.5, 0.6) is 0 Å². The fourth-order valence-corrected chi connectivity index (χ4v) is 4.44. The summed E-state index contributed by atoms with van der Waals surface area (Å²) in [5, 5.41) is 26.7. The molecule has 0 saturated carbocycles. The lowest BCUT2D eigenvalue weighted by molar-refractivity contribution is 0.254. The van der Waals surface area contributed by atoms with Crippen molar-refractivity contribution in [3.63, 3.8) is 0 Å². The SMILES string of the molecule is CNC(=O)Nc1cccc(C#N)c1.N#CN1CCCC1.NS(=O)(=O)c1cc(Br)ccc1Br. The molecule has 1 aliphatic heterocycles. The summed E-state index contributed by atoms with van der Waals surface area (Å²) in [6.45, 7) is 1.97. The highest BCUT2D eigenvalue weighted by Crippen LogP contribution is 2.24. The molecule has 0 unspecified atom stereocenters. The number of carbonyl (C=O) groups is 1. The number of sulfonamides is 1. The summed E-state index contributed by atoms with van der Waals surface area (Å²) in [6.07, 6.45) is 4.50. The summed E-state index contributed by atoms with van der Waals surface area (Å²) in [4.78, 5) is 12.7. The highest BCUT2D eigenvalue weighted by molar-refractivity contribution is 9.11. The molecule has 9 nitrogen and oxygen atoms in total. The number of nitrogens with zero attached hydrogens (tertiary/aromatic N) is 3. The zero-order valence-electron chi connectivity index (χ0n) is 17.2. The van der Waals surface area contributed by atoms with Crippen LogP contribution in [0.2, 0.25) is 0 Å². The van der Waals surface area contributed by atoms with E-state index in [2.05, 4.69) is 48.7 Å². The van der Waals surface area contributed by atoms with Crippen LogP contribution in [-0.2, 0) is 10.0 Å². The van der Waals surface area contributed by atoms with Crippen molar-refractivity contribution < 1.29 is 13.2 Å². The molecule has 1 heterocycles. The van der Waals surface area contributed by atoms with E-state index in [4.69, 9.17) is 15.7 Å². The van der Waals surface area contributed by atoms with Crippen LogP contribution in [0, 0.1) is 22.8 Å². The van der Waals surface area contributed by atoms with E-state index < -0.39 is 10.0 Å². The number of likely N-dealkylation sites (tertiary alicyclic amines) is 1. The third-order valence-electron chi connectivity index (χ3n) is 3.92. The highest BCUT2D eigenvalue weighted by Gasteiger charge is 2.12. The van der Waals surface area contributed by atoms with Crippen LogP contribution in [0.1, 0.15) is 18.4 Å². The first-order valence-electron chi connectivity index (χ1n) is 9.22. The number of carbonyl (C=O) groups excluding carboxylic acids is 1. The Labute approximate surface area is 204 Å². The predicted molar refractivity (Wildman–Crippen MR) is 129 cm³/mol. The standard InChI is InChI=1S/C9H9N3O.C6H5Br2NO2S.C5H8N2/c1-11-9(13)12-8-4-2-3-7(5-8)6-10;7-4-1-2-5(8)6(3-4)12(9,10)11;6-5-7-3-1-2-4-7/h2-5H,1H3,(H2,11,12,13);1-3H,(H2,9,10,11);1-4H2. The van der Waals surface area contributed by atoms with Crippen LogP contribution in [0.4, 0.5) is 10.5 Å². The number of benzene rings is 2. The normalized spacial score (nSPS) is 12.1. The van der Waals surface area contributed by atoms with E-state index in [-0.39, 0.29) is 10.9 Å². The Hall–Kier alpha value is -2.64. The first-order valence-corrected chi connectivity index (χ1v) is 12.4. The van der Waals surface area contributed by atoms with Crippen molar-refractivity contribution in [1.82, 2.24) is 10.2 Å². The average Bonchev–Trinajstić information content (AvgIpc) is 3.30. The minimum atomic E-state index is -3.63. The summed E-state index contributed by atoms with van der Waals surface area (Å²) in [5.74, 6) is 0. The third-order valence-corrected chi connectivity index (χ3v) is 6.32. The molecule has 0 spiro atoms. The second-order valence-electron chi connectivity index (χ2n) is 6.31. The molecule has 12 heteroatoms. The van der Waals surface area contributed by atoms with Crippen molar-refractivity contribution in [2.45, 2.75) is 17.7 Å². The number of hydrogen-bond acceptors (Lipinski definition) is 6. The number of nitrogens with two attached hydrogens (primary N) is 1. The van der Waals surface area contributed by atoms with E-state index in [1.807, 2.05) is 6.07 Å². The molecule has 0 radical (unpaired) electrons. The van der Waals surface area contributed by atoms with Gasteiger partial charge in [0.05, 0.1) is 16.5 Å². The zero-order valence-corrected chi connectivity index (χ0v) is 21.2. The lowest BCUT2D eigenvalue weighted by atomic mass is 10.2. The van der Waals surface area contributed by atoms with Gasteiger partial charge in [0.2, 0.25) is 10.0 Å². The molecule has 170 valence electrons. The van der Waals surface area contributed by atoms with E-state index in [1.54, 1.807) is 41.3 Å². The zero-order chi connectivity index (χ0) is 24.1. The van der Waals surface area contributed by atoms with Gasteiger partial charge in [-0.05, 0) is 65.2 Å². The molecule has 4 N–H and O–H groups in total. The van der Waals surface area contributed by atoms with Gasteiger partial charge in [-0.3, -0.25) is 0 Å². The van der Waals surface area contributed by atoms with Crippen molar-refractivity contribution >= 4 is 53.6 Å². The van der Waals surface area contributed by atoms with Crippen molar-refractivity contribution in [3.05, 3.63) is 57.0 Å². The van der Waals surface area contributed by atoms with Gasteiger partial charge in [0.1, 0.15) is 0 Å². The summed E-state index contributed by atoms with van der Waals surface area (Å²) in [6, 6.07) is 13.2. The van der Waals surface area contributed by atoms with E-state index in [1.165, 1.54) is 26.0 Å². The maximum atomic E-state index is 10.9. The van der Waals surface area contributed by atoms with Gasteiger partial charge in [-0.2, -0.15) is 10.5 Å². The highest BCUT2D eigenvalue weighted by atomic mass is 79.9. The van der Waals surface area contributed by atoms with E-state index in [0.717, 1.165) is 13.1 Å². The maximum absolute atomic E-state index is 10.9. The first-order chi connectivity index (χ1) is 15.1. The van der Waals surface area contributed by atoms with Gasteiger partial charge in [0, 0.05) is 34.8 Å². The Morgan fingerprint density at radius 2 is 1.78 bits per heavy atom. The minimum absolute atomic E-state index is 0.0804. The second-order valence-corrected chi connectivity index (χ2v) is 9.61. The molecule has 1 aliphatic rings. The average molecular weight is 586 g/mol. The molecule has 0 aromatic heterocycles. The largest absolute Gasteiger partial charge is 0.341 e. The van der Waals surface area contributed by atoms with Crippen LogP contribution in [0.15, 0.2) is 56.3 Å². The minimum Gasteiger partial charge on any atom is -0.341 e. The molecule has 0 aliphatic carbocycles. The smallest absolute Gasteiger partial charge is 0.318 e. The summed E-state index contributed by atoms with van der Waals surface area (Å²) in [7, 11) is -2.10. The van der Waals surface area contributed by atoms with E-state index in [9.17, 15) is 13.2 Å². The van der Waals surface area contributed by atoms with Crippen LogP contribution in [0.25, 0.3) is 0 Å². The number of urea groups is 1. The van der Waals surface area contributed by atoms with Gasteiger partial charge < -0.3 is 15.5 Å². The van der Waals surface area contributed by atoms with Crippen molar-refractivity contribution in [2.75, 3.05) is 25.5 Å². The van der Waals surface area contributed by atoms with Crippen LogP contribution >= 0.6 is 31.9 Å². The molecular weight excluding hydrogens is 564 g/mol. The topological polar surface area (TPSA) is 152 Å². The number of hydrogen-bond donors (Lipinski definition) is 3. The van der Waals surface area contributed by atoms with Crippen LogP contribution < -0.4 is 15.8 Å². The fraction of sp³-hybridized carbons (Fsp3) is 0.250. The Morgan fingerprint density at radius 1 is 1.12 bits per heavy atom. The molecular formula is C20H22Br2N6O3S. The first kappa shape index (κ1) is 27.4. The van der Waals surface area contributed by atoms with Crippen molar-refractivity contribution in [3.8, 4) is 12.3 Å². The van der Waals surface area contributed by atoms with E-state index >= 15 is 0 Å². The Kier molecular flexibility index (Phi) is 11.7. The van der Waals surface area contributed by atoms with Gasteiger partial charge >= 0.3 is 6.03 Å². The number of primary sulfonamides is 1. The number of nitriles is 2. The lowest BCUT2D eigenvalue weighted by Gasteiger charge is -2.03. The van der Waals surface area contributed by atoms with Crippen LogP contribution in [-0.4, -0.2) is 39.5 Å². The summed E-state index contributed by atoms with van der Waals surface area (Å²) < 4.78 is 23.0. The van der Waals surface area contributed by atoms with Gasteiger partial charge in [-0.1, -0.05) is 22.0 Å². The number of anilines is 1. The van der Waals surface area contributed by atoms with E-state index in [0.29, 0.717) is 20.2 Å². The maximum Gasteiger partial charge on any atom is 0.318 e. The van der Waals surface area contributed by atoms with Crippen molar-refractivity contribution in [2.24, 2.45) is 5.14 Å². The molecule has 32 heavy (non-hydrogen) atoms. The predicted octanol–water partition coefficient (Wildman–Crippen LogP) is 3.73. The van der Waals surface area contributed by atoms with Gasteiger partial charge in [-0.25, -0.2) is 18.4 Å². The molecule has 1 saturated heterocycles. The fourth-order valence-electron chi connectivity index (χ4n) is 2.37. The Morgan fingerprint density at radius 3 is 2.25 bits per heavy atom. The number of amides is 2. The lowest BCUT2D eigenvalue weighted by Crippen LogP contribution is -2.24. The molecule has 1 fully saturated rings. The molecule has 2 aromatic rings. The van der Waals surface area contributed by atoms with Gasteiger partial charge in [0.15, 0.2) is 6.19 Å².